The second-order valence-corrected chi connectivity index (χ2v) is 7.50. The minimum absolute atomic E-state index is 0.0768. The summed E-state index contributed by atoms with van der Waals surface area (Å²) in [5.41, 5.74) is 4.92. The number of aryl methyl sites for hydroxylation is 1. The average Bonchev–Trinajstić information content (AvgIpc) is 3.08. The van der Waals surface area contributed by atoms with Crippen molar-refractivity contribution in [1.82, 2.24) is 10.2 Å². The molecule has 0 aromatic heterocycles. The van der Waals surface area contributed by atoms with Gasteiger partial charge in [0.2, 0.25) is 5.91 Å². The lowest BCUT2D eigenvalue weighted by Crippen LogP contribution is -2.48. The molecule has 4 heteroatoms. The molecule has 4 rings (SSSR count). The lowest BCUT2D eigenvalue weighted by Gasteiger charge is -2.27. The SMILES string of the molecule is Cc1ccc(CNC(=O)[C@H](Cc2ccccc2)N2Cc3ccccc3C2=O)cc1. The van der Waals surface area contributed by atoms with Crippen molar-refractivity contribution in [3.63, 3.8) is 0 Å². The maximum absolute atomic E-state index is 13.2. The summed E-state index contributed by atoms with van der Waals surface area (Å²) in [4.78, 5) is 27.9. The maximum atomic E-state index is 13.2. The van der Waals surface area contributed by atoms with Gasteiger partial charge in [0.25, 0.3) is 5.91 Å². The van der Waals surface area contributed by atoms with E-state index in [0.717, 1.165) is 16.7 Å². The Morgan fingerprint density at radius 1 is 0.931 bits per heavy atom. The van der Waals surface area contributed by atoms with E-state index in [1.54, 1.807) is 4.90 Å². The number of carbonyl (C=O) groups excluding carboxylic acids is 2. The van der Waals surface area contributed by atoms with Crippen LogP contribution in [0.25, 0.3) is 0 Å². The third-order valence-corrected chi connectivity index (χ3v) is 5.39. The monoisotopic (exact) mass is 384 g/mol. The van der Waals surface area contributed by atoms with Gasteiger partial charge in [0, 0.05) is 25.1 Å². The zero-order chi connectivity index (χ0) is 20.2. The van der Waals surface area contributed by atoms with Gasteiger partial charge in [0.1, 0.15) is 6.04 Å². The smallest absolute Gasteiger partial charge is 0.255 e. The van der Waals surface area contributed by atoms with Gasteiger partial charge in [-0.15, -0.1) is 0 Å². The van der Waals surface area contributed by atoms with Gasteiger partial charge in [-0.1, -0.05) is 78.4 Å². The molecule has 1 N–H and O–H groups in total. The highest BCUT2D eigenvalue weighted by Crippen LogP contribution is 2.26. The highest BCUT2D eigenvalue weighted by atomic mass is 16.2. The summed E-state index contributed by atoms with van der Waals surface area (Å²) in [6.45, 7) is 2.94. The van der Waals surface area contributed by atoms with E-state index < -0.39 is 6.04 Å². The summed E-state index contributed by atoms with van der Waals surface area (Å²) >= 11 is 0. The van der Waals surface area contributed by atoms with Crippen molar-refractivity contribution in [3.8, 4) is 0 Å². The Morgan fingerprint density at radius 2 is 1.62 bits per heavy atom. The molecule has 0 saturated heterocycles. The molecule has 0 unspecified atom stereocenters. The third kappa shape index (κ3) is 4.21. The molecular weight excluding hydrogens is 360 g/mol. The Bertz CT molecular complexity index is 1010. The molecule has 0 spiro atoms. The van der Waals surface area contributed by atoms with Crippen LogP contribution in [0.1, 0.15) is 32.6 Å². The number of fused-ring (bicyclic) bond motifs is 1. The van der Waals surface area contributed by atoms with Crippen LogP contribution in [0.15, 0.2) is 78.9 Å². The summed E-state index contributed by atoms with van der Waals surface area (Å²) in [5.74, 6) is -0.206. The lowest BCUT2D eigenvalue weighted by molar-refractivity contribution is -0.125. The minimum atomic E-state index is -0.553. The molecule has 0 bridgehead atoms. The van der Waals surface area contributed by atoms with Gasteiger partial charge < -0.3 is 10.2 Å². The molecule has 3 aromatic rings. The van der Waals surface area contributed by atoms with E-state index in [1.165, 1.54) is 5.56 Å². The Labute approximate surface area is 171 Å². The van der Waals surface area contributed by atoms with E-state index >= 15 is 0 Å². The molecule has 1 aliphatic heterocycles. The van der Waals surface area contributed by atoms with Crippen LogP contribution < -0.4 is 5.32 Å². The van der Waals surface area contributed by atoms with Gasteiger partial charge >= 0.3 is 0 Å². The van der Waals surface area contributed by atoms with E-state index in [9.17, 15) is 9.59 Å². The van der Waals surface area contributed by atoms with Crippen LogP contribution >= 0.6 is 0 Å². The molecule has 0 radical (unpaired) electrons. The first-order valence-electron chi connectivity index (χ1n) is 9.88. The molecule has 1 atom stereocenters. The quantitative estimate of drug-likeness (QED) is 0.701. The van der Waals surface area contributed by atoms with Gasteiger partial charge in [-0.2, -0.15) is 0 Å². The molecule has 146 valence electrons. The van der Waals surface area contributed by atoms with Crippen LogP contribution in [0.3, 0.4) is 0 Å². The third-order valence-electron chi connectivity index (χ3n) is 5.39. The highest BCUT2D eigenvalue weighted by molar-refractivity contribution is 6.01. The number of amides is 2. The number of carbonyl (C=O) groups is 2. The summed E-state index contributed by atoms with van der Waals surface area (Å²) in [6, 6.07) is 25.0. The zero-order valence-corrected chi connectivity index (χ0v) is 16.5. The largest absolute Gasteiger partial charge is 0.350 e. The number of rotatable bonds is 6. The molecule has 0 fully saturated rings. The van der Waals surface area contributed by atoms with Crippen molar-refractivity contribution in [2.24, 2.45) is 0 Å². The Balaban J connectivity index is 1.54. The Morgan fingerprint density at radius 3 is 2.34 bits per heavy atom. The van der Waals surface area contributed by atoms with Gasteiger partial charge in [-0.3, -0.25) is 9.59 Å². The van der Waals surface area contributed by atoms with Gasteiger partial charge in [0.15, 0.2) is 0 Å². The number of hydrogen-bond acceptors (Lipinski definition) is 2. The second-order valence-electron chi connectivity index (χ2n) is 7.50. The van der Waals surface area contributed by atoms with Gasteiger partial charge in [-0.05, 0) is 29.7 Å². The van der Waals surface area contributed by atoms with Gasteiger partial charge in [-0.25, -0.2) is 0 Å². The fourth-order valence-corrected chi connectivity index (χ4v) is 3.72. The number of benzene rings is 3. The van der Waals surface area contributed by atoms with Crippen molar-refractivity contribution in [2.75, 3.05) is 0 Å². The van der Waals surface area contributed by atoms with Crippen LogP contribution in [0.5, 0.6) is 0 Å². The number of nitrogens with one attached hydrogen (secondary N) is 1. The second kappa shape index (κ2) is 8.31. The molecule has 1 heterocycles. The fourth-order valence-electron chi connectivity index (χ4n) is 3.72. The first kappa shape index (κ1) is 18.9. The van der Waals surface area contributed by atoms with E-state index in [0.29, 0.717) is 25.1 Å². The van der Waals surface area contributed by atoms with Crippen molar-refractivity contribution in [3.05, 3.63) is 107 Å². The average molecular weight is 384 g/mol. The van der Waals surface area contributed by atoms with Crippen molar-refractivity contribution < 1.29 is 9.59 Å². The van der Waals surface area contributed by atoms with Crippen LogP contribution in [0.4, 0.5) is 0 Å². The predicted molar refractivity (Wildman–Crippen MR) is 113 cm³/mol. The standard InChI is InChI=1S/C25H24N2O2/c1-18-11-13-20(14-12-18)16-26-24(28)23(15-19-7-3-2-4-8-19)27-17-21-9-5-6-10-22(21)25(27)29/h2-14,23H,15-17H2,1H3,(H,26,28)/t23-/m0/s1. The van der Waals surface area contributed by atoms with Crippen LogP contribution in [-0.2, 0) is 24.3 Å². The fraction of sp³-hybridized carbons (Fsp3) is 0.200. The first-order valence-corrected chi connectivity index (χ1v) is 9.88. The van der Waals surface area contributed by atoms with Gasteiger partial charge in [0.05, 0.1) is 0 Å². The molecule has 3 aromatic carbocycles. The lowest BCUT2D eigenvalue weighted by atomic mass is 10.0. The normalized spacial score (nSPS) is 13.8. The molecule has 29 heavy (non-hydrogen) atoms. The van der Waals surface area contributed by atoms with E-state index in [4.69, 9.17) is 0 Å². The van der Waals surface area contributed by atoms with Crippen molar-refractivity contribution in [2.45, 2.75) is 32.5 Å². The van der Waals surface area contributed by atoms with E-state index in [-0.39, 0.29) is 11.8 Å². The highest BCUT2D eigenvalue weighted by Gasteiger charge is 2.36. The summed E-state index contributed by atoms with van der Waals surface area (Å²) in [7, 11) is 0. The minimum Gasteiger partial charge on any atom is -0.350 e. The first-order chi connectivity index (χ1) is 14.1. The van der Waals surface area contributed by atoms with E-state index in [1.807, 2.05) is 85.8 Å². The summed E-state index contributed by atoms with van der Waals surface area (Å²) < 4.78 is 0. The molecule has 4 nitrogen and oxygen atoms in total. The maximum Gasteiger partial charge on any atom is 0.255 e. The molecule has 0 aliphatic carbocycles. The van der Waals surface area contributed by atoms with Crippen LogP contribution in [0.2, 0.25) is 0 Å². The number of nitrogens with zero attached hydrogens (tertiary/aromatic N) is 1. The summed E-state index contributed by atoms with van der Waals surface area (Å²) in [5, 5.41) is 3.03. The number of hydrogen-bond donors (Lipinski definition) is 1. The Hall–Kier alpha value is -3.40. The van der Waals surface area contributed by atoms with E-state index in [2.05, 4.69) is 5.32 Å². The van der Waals surface area contributed by atoms with Crippen LogP contribution in [0, 0.1) is 6.92 Å². The van der Waals surface area contributed by atoms with Crippen molar-refractivity contribution in [1.29, 1.82) is 0 Å². The predicted octanol–water partition coefficient (Wildman–Crippen LogP) is 3.88. The Kier molecular flexibility index (Phi) is 5.43. The zero-order valence-electron chi connectivity index (χ0n) is 16.5. The molecule has 0 saturated carbocycles. The summed E-state index contributed by atoms with van der Waals surface area (Å²) in [6.07, 6.45) is 0.486. The topological polar surface area (TPSA) is 49.4 Å². The molecule has 2 amide bonds. The van der Waals surface area contributed by atoms with Crippen LogP contribution in [-0.4, -0.2) is 22.8 Å². The van der Waals surface area contributed by atoms with Crippen molar-refractivity contribution >= 4 is 11.8 Å². The molecule has 1 aliphatic rings. The molecular formula is C25H24N2O2.